The van der Waals surface area contributed by atoms with E-state index in [-0.39, 0.29) is 40.7 Å². The molecule has 1 aliphatic rings. The molecular weight excluding hydrogens is 682 g/mol. The van der Waals surface area contributed by atoms with Crippen LogP contribution in [0.5, 0.6) is 0 Å². The van der Waals surface area contributed by atoms with Gasteiger partial charge in [0.15, 0.2) is 42.2 Å². The van der Waals surface area contributed by atoms with E-state index in [1.807, 2.05) is 0 Å². The summed E-state index contributed by atoms with van der Waals surface area (Å²) in [7, 11) is -2.58. The molecule has 4 aromatic heterocycles. The number of fused-ring (bicyclic) bond motifs is 2. The first-order chi connectivity index (χ1) is 21.4. The molecule has 5 rings (SSSR count). The average Bonchev–Trinajstić information content (AvgIpc) is 3.69. The second-order valence-electron chi connectivity index (χ2n) is 9.40. The van der Waals surface area contributed by atoms with E-state index >= 15 is 0 Å². The number of aliphatic hydroxyl groups excluding tert-OH is 3. The standard InChI is InChI=1S/C20H28N10O11P2S2/c21-15-11-16(24-5-23-15)29(6-25-11)10(2-32)39-8(1-31)3-38-43(36,45)41-14-13(33)9(4-37-42(35)44)40-19(14)30-7-26-12-17(30)27-20(22)28-18(12)34/h5-10,13-14,19,31-33,42H,1-4H2,(H,35,44)(H,36,45)(H2,21,23,24)(H3,22,27,28,34)/t8-,9+,10+,13?,14?,19+,43?/m0/s1. The highest BCUT2D eigenvalue weighted by atomic mass is 32.5. The number of nitrogen functional groups attached to an aromatic ring is 2. The van der Waals surface area contributed by atoms with Crippen LogP contribution in [0.15, 0.2) is 23.8 Å². The summed E-state index contributed by atoms with van der Waals surface area (Å²) < 4.78 is 30.5. The van der Waals surface area contributed by atoms with Gasteiger partial charge in [-0.2, -0.15) is 4.98 Å². The van der Waals surface area contributed by atoms with Crippen LogP contribution in [0.2, 0.25) is 0 Å². The van der Waals surface area contributed by atoms with Crippen LogP contribution < -0.4 is 17.0 Å². The Morgan fingerprint density at radius 1 is 1.16 bits per heavy atom. The summed E-state index contributed by atoms with van der Waals surface area (Å²) in [6.45, 7) is -6.35. The predicted octanol–water partition coefficient (Wildman–Crippen LogP) is -2.62. The maximum absolute atomic E-state index is 12.3. The van der Waals surface area contributed by atoms with Crippen LogP contribution in [0.3, 0.4) is 0 Å². The highest BCUT2D eigenvalue weighted by Gasteiger charge is 2.49. The van der Waals surface area contributed by atoms with Gasteiger partial charge in [0, 0.05) is 0 Å². The first-order valence-electron chi connectivity index (χ1n) is 12.8. The second-order valence-corrected chi connectivity index (χ2v) is 14.1. The molecule has 0 aliphatic carbocycles. The normalized spacial score (nSPS) is 23.8. The predicted molar refractivity (Wildman–Crippen MR) is 161 cm³/mol. The molecular formula is C20H28N10O11P2S2. The molecule has 4 aromatic rings. The molecule has 5 heterocycles. The van der Waals surface area contributed by atoms with E-state index in [0.717, 1.165) is 0 Å². The third-order valence-electron chi connectivity index (χ3n) is 6.49. The number of aliphatic hydroxyl groups is 3. The monoisotopic (exact) mass is 710 g/mol. The number of hydrogen-bond acceptors (Lipinski definition) is 18. The van der Waals surface area contributed by atoms with Crippen molar-refractivity contribution in [2.75, 3.05) is 37.9 Å². The van der Waals surface area contributed by atoms with Gasteiger partial charge in [-0.1, -0.05) is 0 Å². The van der Waals surface area contributed by atoms with E-state index in [2.05, 4.69) is 41.7 Å². The summed E-state index contributed by atoms with van der Waals surface area (Å²) in [5.74, 6) is -0.118. The van der Waals surface area contributed by atoms with Crippen molar-refractivity contribution in [2.45, 2.75) is 36.9 Å². The van der Waals surface area contributed by atoms with Crippen molar-refractivity contribution in [3.63, 3.8) is 0 Å². The van der Waals surface area contributed by atoms with Gasteiger partial charge in [0.25, 0.3) is 5.56 Å². The number of H-pyrrole nitrogens is 1. The van der Waals surface area contributed by atoms with Crippen LogP contribution in [-0.2, 0) is 46.7 Å². The van der Waals surface area contributed by atoms with E-state index < -0.39 is 76.1 Å². The quantitative estimate of drug-likeness (QED) is 0.0621. The smallest absolute Gasteiger partial charge is 0.325 e. The van der Waals surface area contributed by atoms with Gasteiger partial charge in [-0.05, 0) is 23.6 Å². The van der Waals surface area contributed by atoms with Crippen molar-refractivity contribution < 1.29 is 48.2 Å². The van der Waals surface area contributed by atoms with E-state index in [4.69, 9.17) is 46.3 Å². The maximum atomic E-state index is 12.3. The van der Waals surface area contributed by atoms with Gasteiger partial charge in [0.1, 0.15) is 36.3 Å². The summed E-state index contributed by atoms with van der Waals surface area (Å²) in [5, 5.41) is 31.0. The fourth-order valence-electron chi connectivity index (χ4n) is 4.47. The fraction of sp³-hybridized carbons (Fsp3) is 0.500. The Morgan fingerprint density at radius 2 is 1.91 bits per heavy atom. The fourth-order valence-corrected chi connectivity index (χ4v) is 6.42. The SMILES string of the molecule is Nc1nc2c(ncn2[C@@H]2O[C@H](CO[PH](O)=S)C(O)C2OP(O)(=S)OC[C@H](CO)O[C@H](CO)n2cnc3c(N)ncnc32)c(=O)[nH]1. The first-order valence-corrected chi connectivity index (χ1v) is 17.9. The third kappa shape index (κ3) is 7.37. The van der Waals surface area contributed by atoms with Crippen molar-refractivity contribution >= 4 is 71.6 Å². The number of nitrogens with zero attached hydrogens (tertiary/aromatic N) is 7. The molecule has 25 heteroatoms. The van der Waals surface area contributed by atoms with Gasteiger partial charge in [-0.25, -0.2) is 19.9 Å². The summed E-state index contributed by atoms with van der Waals surface area (Å²) in [4.78, 5) is 55.2. The van der Waals surface area contributed by atoms with Crippen molar-refractivity contribution in [3.05, 3.63) is 29.3 Å². The Balaban J connectivity index is 1.33. The molecule has 10 N–H and O–H groups in total. The lowest BCUT2D eigenvalue weighted by Gasteiger charge is -2.28. The van der Waals surface area contributed by atoms with E-state index in [1.54, 1.807) is 0 Å². The van der Waals surface area contributed by atoms with Gasteiger partial charge in [-0.3, -0.25) is 23.4 Å². The molecule has 0 bridgehead atoms. The Labute approximate surface area is 262 Å². The number of ether oxygens (including phenoxy) is 2. The zero-order chi connectivity index (χ0) is 32.5. The number of nitrogens with two attached hydrogens (primary N) is 2. The van der Waals surface area contributed by atoms with Crippen LogP contribution in [0.1, 0.15) is 12.5 Å². The molecule has 0 radical (unpaired) electrons. The van der Waals surface area contributed by atoms with Crippen LogP contribution in [0.4, 0.5) is 11.8 Å². The van der Waals surface area contributed by atoms with Gasteiger partial charge < -0.3 is 55.1 Å². The molecule has 0 spiro atoms. The number of hydrogen-bond donors (Lipinski definition) is 8. The molecule has 1 saturated heterocycles. The molecule has 0 saturated carbocycles. The maximum Gasteiger partial charge on any atom is 0.325 e. The van der Waals surface area contributed by atoms with E-state index in [0.29, 0.717) is 0 Å². The van der Waals surface area contributed by atoms with Gasteiger partial charge in [0.05, 0.1) is 39.1 Å². The van der Waals surface area contributed by atoms with Gasteiger partial charge in [-0.15, -0.1) is 0 Å². The summed E-state index contributed by atoms with van der Waals surface area (Å²) in [6, 6.07) is 0. The minimum Gasteiger partial charge on any atom is -0.394 e. The molecule has 45 heavy (non-hydrogen) atoms. The Hall–Kier alpha value is -2.60. The molecule has 246 valence electrons. The number of aromatic amines is 1. The van der Waals surface area contributed by atoms with E-state index in [1.165, 1.54) is 28.1 Å². The number of imidazole rings is 2. The Bertz CT molecular complexity index is 1790. The third-order valence-corrected chi connectivity index (χ3v) is 8.82. The molecule has 0 aromatic carbocycles. The number of aromatic nitrogens is 8. The topological polar surface area (TPSA) is 307 Å². The molecule has 0 amide bonds. The highest BCUT2D eigenvalue weighted by Crippen LogP contribution is 2.50. The first kappa shape index (κ1) is 33.8. The van der Waals surface area contributed by atoms with Gasteiger partial charge in [0.2, 0.25) is 5.95 Å². The summed E-state index contributed by atoms with van der Waals surface area (Å²) in [5.41, 5.74) is 11.2. The van der Waals surface area contributed by atoms with Crippen LogP contribution in [0.25, 0.3) is 22.3 Å². The molecule has 1 fully saturated rings. The molecule has 1 aliphatic heterocycles. The lowest BCUT2D eigenvalue weighted by atomic mass is 10.1. The molecule has 4 unspecified atom stereocenters. The number of rotatable bonds is 14. The zero-order valence-corrected chi connectivity index (χ0v) is 26.3. The minimum absolute atomic E-state index is 0.0335. The average molecular weight is 711 g/mol. The zero-order valence-electron chi connectivity index (χ0n) is 22.8. The van der Waals surface area contributed by atoms with Crippen molar-refractivity contribution in [3.8, 4) is 0 Å². The van der Waals surface area contributed by atoms with Crippen LogP contribution in [0, 0.1) is 0 Å². The lowest BCUT2D eigenvalue weighted by molar-refractivity contribution is -0.110. The van der Waals surface area contributed by atoms with E-state index in [9.17, 15) is 29.9 Å². The summed E-state index contributed by atoms with van der Waals surface area (Å²) >= 11 is 9.88. The minimum atomic E-state index is -4.25. The molecule has 21 nitrogen and oxygen atoms in total. The van der Waals surface area contributed by atoms with Crippen molar-refractivity contribution in [2.24, 2.45) is 0 Å². The Morgan fingerprint density at radius 3 is 2.62 bits per heavy atom. The largest absolute Gasteiger partial charge is 0.394 e. The number of nitrogens with one attached hydrogen (secondary N) is 1. The van der Waals surface area contributed by atoms with Crippen molar-refractivity contribution in [1.29, 1.82) is 0 Å². The lowest BCUT2D eigenvalue weighted by Crippen LogP contribution is -2.35. The van der Waals surface area contributed by atoms with Crippen molar-refractivity contribution in [1.82, 2.24) is 39.0 Å². The Kier molecular flexibility index (Phi) is 10.5. The van der Waals surface area contributed by atoms with Gasteiger partial charge >= 0.3 is 6.72 Å². The number of anilines is 2. The summed E-state index contributed by atoms with van der Waals surface area (Å²) in [6.07, 6.45) is -4.02. The second kappa shape index (κ2) is 14.0. The highest BCUT2D eigenvalue weighted by molar-refractivity contribution is 8.07. The van der Waals surface area contributed by atoms with Crippen LogP contribution >= 0.6 is 13.9 Å². The van der Waals surface area contributed by atoms with Crippen LogP contribution in [-0.4, -0.2) is 115 Å². The molecule has 8 atom stereocenters.